The predicted octanol–water partition coefficient (Wildman–Crippen LogP) is 3.94. The predicted molar refractivity (Wildman–Crippen MR) is 98.9 cm³/mol. The Morgan fingerprint density at radius 1 is 1.12 bits per heavy atom. The van der Waals surface area contributed by atoms with E-state index in [9.17, 15) is 14.4 Å². The van der Waals surface area contributed by atoms with E-state index in [0.29, 0.717) is 35.5 Å². The molecule has 0 radical (unpaired) electrons. The zero-order valence-electron chi connectivity index (χ0n) is 14.0. The van der Waals surface area contributed by atoms with Crippen molar-refractivity contribution < 1.29 is 14.4 Å². The van der Waals surface area contributed by atoms with Crippen molar-refractivity contribution in [1.82, 2.24) is 0 Å². The summed E-state index contributed by atoms with van der Waals surface area (Å²) in [4.78, 5) is 36.8. The first-order valence-corrected chi connectivity index (χ1v) is 9.19. The first kappa shape index (κ1) is 17.4. The number of carbonyl (C=O) groups is 3. The van der Waals surface area contributed by atoms with Gasteiger partial charge in [0.1, 0.15) is 5.78 Å². The number of hydrogen-bond acceptors (Lipinski definition) is 4. The van der Waals surface area contributed by atoms with Crippen molar-refractivity contribution >= 4 is 40.3 Å². The van der Waals surface area contributed by atoms with E-state index in [1.807, 2.05) is 18.4 Å². The molecule has 0 aliphatic heterocycles. The van der Waals surface area contributed by atoms with E-state index in [1.54, 1.807) is 30.3 Å². The molecule has 2 aromatic rings. The molecule has 0 bridgehead atoms. The summed E-state index contributed by atoms with van der Waals surface area (Å²) in [6.45, 7) is 1.88. The number of nitrogens with one attached hydrogen (secondary N) is 2. The zero-order valence-corrected chi connectivity index (χ0v) is 14.8. The average molecular weight is 356 g/mol. The molecule has 2 unspecified atom stereocenters. The number of rotatable bonds is 4. The van der Waals surface area contributed by atoms with Crippen LogP contribution in [-0.4, -0.2) is 17.6 Å². The molecule has 5 nitrogen and oxygen atoms in total. The molecular weight excluding hydrogens is 336 g/mol. The Bertz CT molecular complexity index is 786. The molecule has 1 aromatic carbocycles. The molecule has 1 heterocycles. The van der Waals surface area contributed by atoms with Gasteiger partial charge in [0.25, 0.3) is 5.91 Å². The lowest BCUT2D eigenvalue weighted by atomic mass is 9.81. The van der Waals surface area contributed by atoms with E-state index in [1.165, 1.54) is 11.3 Å². The lowest BCUT2D eigenvalue weighted by Gasteiger charge is -2.24. The Morgan fingerprint density at radius 3 is 2.56 bits per heavy atom. The molecule has 1 aliphatic carbocycles. The highest BCUT2D eigenvalue weighted by molar-refractivity contribution is 7.12. The first-order chi connectivity index (χ1) is 12.0. The molecule has 2 atom stereocenters. The van der Waals surface area contributed by atoms with E-state index in [2.05, 4.69) is 10.6 Å². The van der Waals surface area contributed by atoms with Gasteiger partial charge in [0.05, 0.1) is 4.88 Å². The maximum absolute atomic E-state index is 12.4. The van der Waals surface area contributed by atoms with Gasteiger partial charge in [-0.15, -0.1) is 11.3 Å². The monoisotopic (exact) mass is 356 g/mol. The number of amides is 2. The lowest BCUT2D eigenvalue weighted by molar-refractivity contribution is -0.128. The normalized spacial score (nSPS) is 20.1. The molecule has 0 saturated heterocycles. The lowest BCUT2D eigenvalue weighted by Crippen LogP contribution is -2.31. The summed E-state index contributed by atoms with van der Waals surface area (Å²) >= 11 is 1.37. The second kappa shape index (κ2) is 7.61. The smallest absolute Gasteiger partial charge is 0.265 e. The van der Waals surface area contributed by atoms with Crippen LogP contribution in [0.4, 0.5) is 11.4 Å². The number of Topliss-reactive ketones (excluding diaryl/α,β-unsaturated/α-hetero) is 1. The fraction of sp³-hybridized carbons (Fsp3) is 0.316. The Kier molecular flexibility index (Phi) is 5.28. The Labute approximate surface area is 150 Å². The van der Waals surface area contributed by atoms with Crippen LogP contribution < -0.4 is 10.6 Å². The summed E-state index contributed by atoms with van der Waals surface area (Å²) < 4.78 is 0. The number of carbonyl (C=O) groups excluding carboxylic acids is 3. The van der Waals surface area contributed by atoms with Gasteiger partial charge in [0.2, 0.25) is 5.91 Å². The molecule has 1 fully saturated rings. The van der Waals surface area contributed by atoms with E-state index < -0.39 is 0 Å². The van der Waals surface area contributed by atoms with E-state index in [4.69, 9.17) is 0 Å². The molecule has 6 heteroatoms. The highest BCUT2D eigenvalue weighted by atomic mass is 32.1. The van der Waals surface area contributed by atoms with Crippen molar-refractivity contribution in [2.45, 2.75) is 26.2 Å². The molecule has 1 saturated carbocycles. The van der Waals surface area contributed by atoms with Crippen LogP contribution >= 0.6 is 11.3 Å². The van der Waals surface area contributed by atoms with E-state index in [-0.39, 0.29) is 29.4 Å². The third-order valence-corrected chi connectivity index (χ3v) is 5.30. The molecule has 2 amide bonds. The minimum absolute atomic E-state index is 0.0547. The molecule has 3 rings (SSSR count). The van der Waals surface area contributed by atoms with Gasteiger partial charge in [-0.25, -0.2) is 0 Å². The molecule has 1 aromatic heterocycles. The highest BCUT2D eigenvalue weighted by Crippen LogP contribution is 2.27. The fourth-order valence-electron chi connectivity index (χ4n) is 3.00. The Morgan fingerprint density at radius 2 is 1.88 bits per heavy atom. The third-order valence-electron chi connectivity index (χ3n) is 4.43. The first-order valence-electron chi connectivity index (χ1n) is 8.31. The van der Waals surface area contributed by atoms with E-state index >= 15 is 0 Å². The van der Waals surface area contributed by atoms with Crippen LogP contribution in [0.5, 0.6) is 0 Å². The number of hydrogen-bond donors (Lipinski definition) is 2. The van der Waals surface area contributed by atoms with Gasteiger partial charge < -0.3 is 10.6 Å². The van der Waals surface area contributed by atoms with Crippen LogP contribution in [0.2, 0.25) is 0 Å². The molecule has 25 heavy (non-hydrogen) atoms. The minimum Gasteiger partial charge on any atom is -0.326 e. The van der Waals surface area contributed by atoms with Gasteiger partial charge >= 0.3 is 0 Å². The maximum Gasteiger partial charge on any atom is 0.265 e. The van der Waals surface area contributed by atoms with Crippen molar-refractivity contribution in [2.24, 2.45) is 11.8 Å². The number of ketones is 1. The topological polar surface area (TPSA) is 75.3 Å². The zero-order chi connectivity index (χ0) is 17.8. The van der Waals surface area contributed by atoms with Gasteiger partial charge in [-0.3, -0.25) is 14.4 Å². The van der Waals surface area contributed by atoms with Crippen molar-refractivity contribution in [3.63, 3.8) is 0 Å². The van der Waals surface area contributed by atoms with Crippen LogP contribution in [0.25, 0.3) is 0 Å². The highest BCUT2D eigenvalue weighted by Gasteiger charge is 2.29. The van der Waals surface area contributed by atoms with Gasteiger partial charge in [-0.1, -0.05) is 19.1 Å². The summed E-state index contributed by atoms with van der Waals surface area (Å²) in [5.74, 6) is -0.195. The molecule has 0 spiro atoms. The van der Waals surface area contributed by atoms with Crippen LogP contribution in [0.15, 0.2) is 41.8 Å². The minimum atomic E-state index is -0.168. The molecule has 2 N–H and O–H groups in total. The molecule has 1 aliphatic rings. The van der Waals surface area contributed by atoms with Gasteiger partial charge in [0.15, 0.2) is 0 Å². The Balaban J connectivity index is 1.62. The summed E-state index contributed by atoms with van der Waals surface area (Å²) in [6, 6.07) is 10.7. The van der Waals surface area contributed by atoms with Gasteiger partial charge in [-0.05, 0) is 42.5 Å². The van der Waals surface area contributed by atoms with Gasteiger partial charge in [0, 0.05) is 29.6 Å². The second-order valence-corrected chi connectivity index (χ2v) is 7.29. The van der Waals surface area contributed by atoms with Crippen LogP contribution in [-0.2, 0) is 9.59 Å². The quantitative estimate of drug-likeness (QED) is 0.871. The maximum atomic E-state index is 12.4. The van der Waals surface area contributed by atoms with Gasteiger partial charge in [-0.2, -0.15) is 0 Å². The Hall–Kier alpha value is -2.47. The summed E-state index contributed by atoms with van der Waals surface area (Å²) in [6.07, 6.45) is 1.67. The number of thiophene rings is 1. The summed E-state index contributed by atoms with van der Waals surface area (Å²) in [5, 5.41) is 7.57. The van der Waals surface area contributed by atoms with Crippen LogP contribution in [0.1, 0.15) is 35.9 Å². The number of benzene rings is 1. The van der Waals surface area contributed by atoms with Crippen molar-refractivity contribution in [1.29, 1.82) is 0 Å². The number of anilines is 2. The van der Waals surface area contributed by atoms with Crippen LogP contribution in [0, 0.1) is 11.8 Å². The van der Waals surface area contributed by atoms with Crippen molar-refractivity contribution in [3.8, 4) is 0 Å². The van der Waals surface area contributed by atoms with Crippen molar-refractivity contribution in [3.05, 3.63) is 46.7 Å². The second-order valence-electron chi connectivity index (χ2n) is 6.34. The summed E-state index contributed by atoms with van der Waals surface area (Å²) in [7, 11) is 0. The average Bonchev–Trinajstić information content (AvgIpc) is 3.12. The third kappa shape index (κ3) is 4.33. The fourth-order valence-corrected chi connectivity index (χ4v) is 3.62. The summed E-state index contributed by atoms with van der Waals surface area (Å²) in [5.41, 5.74) is 1.27. The largest absolute Gasteiger partial charge is 0.326 e. The molecular formula is C19H20N2O3S. The van der Waals surface area contributed by atoms with E-state index in [0.717, 1.165) is 0 Å². The van der Waals surface area contributed by atoms with Crippen LogP contribution in [0.3, 0.4) is 0 Å². The standard InChI is InChI=1S/C19H20N2O3S/c1-12-10-13(7-8-16(12)22)18(23)20-14-4-2-5-15(11-14)21-19(24)17-6-3-9-25-17/h2-6,9,11-13H,7-8,10H2,1H3,(H,20,23)(H,21,24). The van der Waals surface area contributed by atoms with Crippen molar-refractivity contribution in [2.75, 3.05) is 10.6 Å². The molecule has 130 valence electrons. The SMILES string of the molecule is CC1CC(C(=O)Nc2cccc(NC(=O)c3cccs3)c2)CCC1=O.